The third kappa shape index (κ3) is 5.91. The lowest BCUT2D eigenvalue weighted by Gasteiger charge is -2.43. The van der Waals surface area contributed by atoms with Gasteiger partial charge in [0.2, 0.25) is 0 Å². The summed E-state index contributed by atoms with van der Waals surface area (Å²) in [7, 11) is -2.46. The van der Waals surface area contributed by atoms with E-state index in [0.717, 1.165) is 24.4 Å². The topological polar surface area (TPSA) is 21.3 Å². The number of thiocarbonyl (C=S) groups is 1. The number of nitrogens with one attached hydrogen (secondary N) is 1. The van der Waals surface area contributed by atoms with Crippen molar-refractivity contribution in [1.29, 1.82) is 0 Å². The fourth-order valence-corrected chi connectivity index (χ4v) is 8.93. The van der Waals surface area contributed by atoms with Gasteiger partial charge in [0.15, 0.2) is 0 Å². The number of benzene rings is 3. The highest BCUT2D eigenvalue weighted by Crippen LogP contribution is 2.36. The van der Waals surface area contributed by atoms with E-state index in [2.05, 4.69) is 111 Å². The van der Waals surface area contributed by atoms with Crippen LogP contribution >= 0.6 is 12.2 Å². The molecule has 3 rings (SSSR count). The molecule has 1 N–H and O–H groups in total. The van der Waals surface area contributed by atoms with Crippen LogP contribution in [-0.4, -0.2) is 19.9 Å². The van der Waals surface area contributed by atoms with E-state index >= 15 is 0 Å². The number of rotatable bonds is 9. The van der Waals surface area contributed by atoms with Crippen molar-refractivity contribution < 1.29 is 4.43 Å². The molecule has 4 heteroatoms. The molecule has 0 amide bonds. The zero-order chi connectivity index (χ0) is 22.2. The molecule has 0 aliphatic heterocycles. The third-order valence-corrected chi connectivity index (χ3v) is 11.0. The average Bonchev–Trinajstić information content (AvgIpc) is 2.79. The summed E-state index contributed by atoms with van der Waals surface area (Å²) in [5.41, 5.74) is 1.24. The first-order chi connectivity index (χ1) is 14.9. The maximum absolute atomic E-state index is 6.93. The lowest BCUT2D eigenvalue weighted by atomic mass is 10.2. The standard InChI is InChI=1S/C27H33NOSSi/c1-27(2,3)31(24-16-9-5-10-17-24,25-18-11-6-12-19-25)29-21-13-20-26(30)28-22-23-14-7-4-8-15-23/h4-12,14-19H,13,20-22H2,1-3H3,(H,28,30). The molecule has 31 heavy (non-hydrogen) atoms. The molecule has 0 atom stereocenters. The molecule has 0 heterocycles. The molecule has 0 saturated carbocycles. The van der Waals surface area contributed by atoms with Gasteiger partial charge in [-0.3, -0.25) is 0 Å². The molecule has 0 aromatic heterocycles. The van der Waals surface area contributed by atoms with E-state index in [1.807, 2.05) is 6.07 Å². The fourth-order valence-electron chi connectivity index (χ4n) is 4.10. The predicted molar refractivity (Wildman–Crippen MR) is 139 cm³/mol. The summed E-state index contributed by atoms with van der Waals surface area (Å²) in [6, 6.07) is 31.9. The summed E-state index contributed by atoms with van der Waals surface area (Å²) >= 11 is 5.56. The minimum absolute atomic E-state index is 0.00176. The van der Waals surface area contributed by atoms with Crippen molar-refractivity contribution in [3.05, 3.63) is 96.6 Å². The molecule has 0 aliphatic rings. The molecular formula is C27H33NOSSi. The van der Waals surface area contributed by atoms with E-state index in [9.17, 15) is 0 Å². The Balaban J connectivity index is 1.69. The van der Waals surface area contributed by atoms with Crippen LogP contribution in [-0.2, 0) is 11.0 Å². The maximum Gasteiger partial charge on any atom is 0.261 e. The monoisotopic (exact) mass is 447 g/mol. The van der Waals surface area contributed by atoms with Crippen molar-refractivity contribution >= 4 is 35.9 Å². The minimum atomic E-state index is -2.46. The van der Waals surface area contributed by atoms with Crippen molar-refractivity contribution in [3.63, 3.8) is 0 Å². The van der Waals surface area contributed by atoms with Crippen LogP contribution in [0, 0.1) is 0 Å². The summed E-state index contributed by atoms with van der Waals surface area (Å²) in [6.07, 6.45) is 1.74. The summed E-state index contributed by atoms with van der Waals surface area (Å²) in [5, 5.41) is 6.02. The highest BCUT2D eigenvalue weighted by Gasteiger charge is 2.49. The zero-order valence-corrected chi connectivity index (χ0v) is 20.6. The second-order valence-corrected chi connectivity index (χ2v) is 13.7. The fraction of sp³-hybridized carbons (Fsp3) is 0.296. The Kier molecular flexibility index (Phi) is 8.19. The molecule has 0 saturated heterocycles. The van der Waals surface area contributed by atoms with E-state index in [1.165, 1.54) is 15.9 Å². The largest absolute Gasteiger partial charge is 0.407 e. The van der Waals surface area contributed by atoms with Crippen LogP contribution in [0.4, 0.5) is 0 Å². The van der Waals surface area contributed by atoms with E-state index < -0.39 is 8.32 Å². The average molecular weight is 448 g/mol. The van der Waals surface area contributed by atoms with Gasteiger partial charge >= 0.3 is 0 Å². The molecular weight excluding hydrogens is 414 g/mol. The molecule has 2 nitrogen and oxygen atoms in total. The van der Waals surface area contributed by atoms with Crippen LogP contribution in [0.3, 0.4) is 0 Å². The molecule has 0 spiro atoms. The molecule has 162 valence electrons. The van der Waals surface area contributed by atoms with Crippen molar-refractivity contribution in [3.8, 4) is 0 Å². The van der Waals surface area contributed by atoms with Crippen LogP contribution in [0.25, 0.3) is 0 Å². The van der Waals surface area contributed by atoms with Crippen LogP contribution < -0.4 is 15.7 Å². The molecule has 0 unspecified atom stereocenters. The van der Waals surface area contributed by atoms with Gasteiger partial charge < -0.3 is 9.74 Å². The smallest absolute Gasteiger partial charge is 0.261 e. The van der Waals surface area contributed by atoms with Crippen molar-refractivity contribution in [2.75, 3.05) is 6.61 Å². The van der Waals surface area contributed by atoms with Crippen LogP contribution in [0.1, 0.15) is 39.2 Å². The van der Waals surface area contributed by atoms with Gasteiger partial charge in [0.05, 0.1) is 4.99 Å². The summed E-state index contributed by atoms with van der Waals surface area (Å²) in [5.74, 6) is 0. The number of hydrogen-bond donors (Lipinski definition) is 1. The van der Waals surface area contributed by atoms with Crippen LogP contribution in [0.5, 0.6) is 0 Å². The number of hydrogen-bond acceptors (Lipinski definition) is 2. The maximum atomic E-state index is 6.93. The van der Waals surface area contributed by atoms with Gasteiger partial charge in [0.25, 0.3) is 8.32 Å². The van der Waals surface area contributed by atoms with Crippen LogP contribution in [0.15, 0.2) is 91.0 Å². The van der Waals surface area contributed by atoms with Crippen LogP contribution in [0.2, 0.25) is 5.04 Å². The Morgan fingerprint density at radius 1 is 0.806 bits per heavy atom. The third-order valence-electron chi connectivity index (χ3n) is 5.62. The normalized spacial score (nSPS) is 11.8. The highest BCUT2D eigenvalue weighted by atomic mass is 32.1. The summed E-state index contributed by atoms with van der Waals surface area (Å²) in [6.45, 7) is 8.40. The summed E-state index contributed by atoms with van der Waals surface area (Å²) in [4.78, 5) is 0.898. The lowest BCUT2D eigenvalue weighted by molar-refractivity contribution is 0.294. The first kappa shape index (κ1) is 23.4. The van der Waals surface area contributed by atoms with Gasteiger partial charge in [-0.25, -0.2) is 0 Å². The van der Waals surface area contributed by atoms with Gasteiger partial charge in [-0.05, 0) is 33.8 Å². The van der Waals surface area contributed by atoms with Gasteiger partial charge in [0.1, 0.15) is 0 Å². The van der Waals surface area contributed by atoms with Crippen molar-refractivity contribution in [2.45, 2.75) is 45.2 Å². The molecule has 0 fully saturated rings. The van der Waals surface area contributed by atoms with E-state index in [4.69, 9.17) is 16.6 Å². The zero-order valence-electron chi connectivity index (χ0n) is 18.8. The molecule has 0 bridgehead atoms. The second kappa shape index (κ2) is 10.8. The molecule has 0 aliphatic carbocycles. The quantitative estimate of drug-likeness (QED) is 0.267. The SMILES string of the molecule is CC(C)(C)[Si](OCCCC(=S)NCc1ccccc1)(c1ccccc1)c1ccccc1. The first-order valence-corrected chi connectivity index (χ1v) is 13.3. The van der Waals surface area contributed by atoms with Gasteiger partial charge in [0, 0.05) is 13.2 Å². The van der Waals surface area contributed by atoms with Gasteiger partial charge in [-0.2, -0.15) is 0 Å². The van der Waals surface area contributed by atoms with Crippen molar-refractivity contribution in [1.82, 2.24) is 5.32 Å². The Labute approximate surface area is 193 Å². The molecule has 3 aromatic carbocycles. The molecule has 0 radical (unpaired) electrons. The highest BCUT2D eigenvalue weighted by molar-refractivity contribution is 7.80. The molecule has 3 aromatic rings. The predicted octanol–water partition coefficient (Wildman–Crippen LogP) is 5.46. The summed E-state index contributed by atoms with van der Waals surface area (Å²) < 4.78 is 6.93. The second-order valence-electron chi connectivity index (χ2n) is 8.88. The Morgan fingerprint density at radius 3 is 1.77 bits per heavy atom. The lowest BCUT2D eigenvalue weighted by Crippen LogP contribution is -2.66. The van der Waals surface area contributed by atoms with E-state index in [0.29, 0.717) is 6.61 Å². The van der Waals surface area contributed by atoms with Crippen molar-refractivity contribution in [2.24, 2.45) is 0 Å². The van der Waals surface area contributed by atoms with E-state index in [1.54, 1.807) is 0 Å². The van der Waals surface area contributed by atoms with Gasteiger partial charge in [-0.15, -0.1) is 0 Å². The Bertz CT molecular complexity index is 900. The Hall–Kier alpha value is -2.27. The first-order valence-electron chi connectivity index (χ1n) is 11.0. The van der Waals surface area contributed by atoms with Gasteiger partial charge in [-0.1, -0.05) is 124 Å². The Morgan fingerprint density at radius 2 is 1.29 bits per heavy atom. The van der Waals surface area contributed by atoms with E-state index in [-0.39, 0.29) is 5.04 Å². The minimum Gasteiger partial charge on any atom is -0.407 e.